The summed E-state index contributed by atoms with van der Waals surface area (Å²) in [5, 5.41) is 7.70. The smallest absolute Gasteiger partial charge is 0.160 e. The fraction of sp³-hybridized carbons (Fsp3) is 0.438. The highest BCUT2D eigenvalue weighted by molar-refractivity contribution is 5.42. The number of aromatic nitrogens is 2. The van der Waals surface area contributed by atoms with Crippen molar-refractivity contribution in [2.45, 2.75) is 26.4 Å². The van der Waals surface area contributed by atoms with Gasteiger partial charge in [0.1, 0.15) is 0 Å². The van der Waals surface area contributed by atoms with Gasteiger partial charge in [-0.3, -0.25) is 4.68 Å². The topological polar surface area (TPSA) is 48.3 Å². The van der Waals surface area contributed by atoms with Crippen molar-refractivity contribution >= 4 is 0 Å². The fourth-order valence-corrected chi connectivity index (χ4v) is 2.28. The van der Waals surface area contributed by atoms with Crippen LogP contribution < -0.4 is 14.8 Å². The quantitative estimate of drug-likeness (QED) is 0.757. The number of aryl methyl sites for hydroxylation is 1. The Morgan fingerprint density at radius 2 is 1.95 bits per heavy atom. The molecule has 1 heterocycles. The number of nitrogens with zero attached hydrogens (tertiary/aromatic N) is 2. The number of nitrogens with one attached hydrogen (secondary N) is 1. The molecule has 1 aromatic carbocycles. The molecule has 0 fully saturated rings. The predicted molar refractivity (Wildman–Crippen MR) is 82.9 cm³/mol. The van der Waals surface area contributed by atoms with Gasteiger partial charge in [0.2, 0.25) is 0 Å². The van der Waals surface area contributed by atoms with Gasteiger partial charge in [0.05, 0.1) is 19.9 Å². The Hall–Kier alpha value is -2.01. The lowest BCUT2D eigenvalue weighted by Gasteiger charge is -2.10. The standard InChI is InChI=1S/C16H23N3O2/c1-4-19-14(8-10-18-19)12-17-9-7-13-5-6-15(20-2)16(11-13)21-3/h5-6,8,10-11,17H,4,7,9,12H2,1-3H3. The number of methoxy groups -OCH3 is 2. The summed E-state index contributed by atoms with van der Waals surface area (Å²) in [5.74, 6) is 1.54. The molecule has 1 aromatic heterocycles. The molecule has 0 unspecified atom stereocenters. The summed E-state index contributed by atoms with van der Waals surface area (Å²) < 4.78 is 12.6. The Morgan fingerprint density at radius 1 is 1.14 bits per heavy atom. The van der Waals surface area contributed by atoms with Crippen molar-refractivity contribution in [3.8, 4) is 11.5 Å². The maximum Gasteiger partial charge on any atom is 0.160 e. The van der Waals surface area contributed by atoms with Crippen molar-refractivity contribution in [1.82, 2.24) is 15.1 Å². The summed E-state index contributed by atoms with van der Waals surface area (Å²) in [4.78, 5) is 0. The first-order chi connectivity index (χ1) is 10.3. The van der Waals surface area contributed by atoms with E-state index in [-0.39, 0.29) is 0 Å². The van der Waals surface area contributed by atoms with Crippen LogP contribution in [0.15, 0.2) is 30.5 Å². The van der Waals surface area contributed by atoms with Gasteiger partial charge in [-0.15, -0.1) is 0 Å². The van der Waals surface area contributed by atoms with Crippen LogP contribution in [0.25, 0.3) is 0 Å². The summed E-state index contributed by atoms with van der Waals surface area (Å²) >= 11 is 0. The molecule has 0 aliphatic rings. The minimum atomic E-state index is 0.765. The van der Waals surface area contributed by atoms with Gasteiger partial charge in [-0.05, 0) is 43.7 Å². The molecule has 5 nitrogen and oxygen atoms in total. The normalized spacial score (nSPS) is 10.6. The molecule has 2 rings (SSSR count). The van der Waals surface area contributed by atoms with E-state index < -0.39 is 0 Å². The Balaban J connectivity index is 1.83. The molecule has 2 aromatic rings. The second-order valence-electron chi connectivity index (χ2n) is 4.75. The third kappa shape index (κ3) is 3.98. The lowest BCUT2D eigenvalue weighted by molar-refractivity contribution is 0.354. The van der Waals surface area contributed by atoms with E-state index in [1.807, 2.05) is 29.1 Å². The Labute approximate surface area is 125 Å². The van der Waals surface area contributed by atoms with Crippen molar-refractivity contribution in [2.75, 3.05) is 20.8 Å². The molecule has 0 atom stereocenters. The van der Waals surface area contributed by atoms with E-state index in [0.717, 1.165) is 37.6 Å². The minimum absolute atomic E-state index is 0.765. The van der Waals surface area contributed by atoms with Gasteiger partial charge in [-0.25, -0.2) is 0 Å². The van der Waals surface area contributed by atoms with Crippen LogP contribution in [0.4, 0.5) is 0 Å². The summed E-state index contributed by atoms with van der Waals surface area (Å²) in [5.41, 5.74) is 2.44. The van der Waals surface area contributed by atoms with Crippen LogP contribution in [0.3, 0.4) is 0 Å². The third-order valence-corrected chi connectivity index (χ3v) is 3.45. The van der Waals surface area contributed by atoms with Crippen molar-refractivity contribution < 1.29 is 9.47 Å². The van der Waals surface area contributed by atoms with Crippen molar-refractivity contribution in [3.63, 3.8) is 0 Å². The van der Waals surface area contributed by atoms with Gasteiger partial charge < -0.3 is 14.8 Å². The second kappa shape index (κ2) is 7.69. The van der Waals surface area contributed by atoms with E-state index in [2.05, 4.69) is 23.4 Å². The van der Waals surface area contributed by atoms with Gasteiger partial charge >= 0.3 is 0 Å². The first-order valence-electron chi connectivity index (χ1n) is 7.20. The van der Waals surface area contributed by atoms with Crippen molar-refractivity contribution in [2.24, 2.45) is 0 Å². The maximum atomic E-state index is 5.32. The Morgan fingerprint density at radius 3 is 2.67 bits per heavy atom. The van der Waals surface area contributed by atoms with Gasteiger partial charge in [-0.1, -0.05) is 6.07 Å². The largest absolute Gasteiger partial charge is 0.493 e. The van der Waals surface area contributed by atoms with Crippen LogP contribution in [0.1, 0.15) is 18.2 Å². The second-order valence-corrected chi connectivity index (χ2v) is 4.75. The molecule has 0 aliphatic heterocycles. The van der Waals surface area contributed by atoms with Gasteiger partial charge in [-0.2, -0.15) is 5.10 Å². The highest BCUT2D eigenvalue weighted by Crippen LogP contribution is 2.27. The van der Waals surface area contributed by atoms with Crippen LogP contribution in [0.5, 0.6) is 11.5 Å². The lowest BCUT2D eigenvalue weighted by Crippen LogP contribution is -2.19. The molecule has 0 amide bonds. The molecule has 114 valence electrons. The average Bonchev–Trinajstić information content (AvgIpc) is 2.98. The molecule has 5 heteroatoms. The number of hydrogen-bond acceptors (Lipinski definition) is 4. The number of rotatable bonds is 8. The monoisotopic (exact) mass is 289 g/mol. The maximum absolute atomic E-state index is 5.32. The van der Waals surface area contributed by atoms with E-state index in [1.54, 1.807) is 14.2 Å². The van der Waals surface area contributed by atoms with Gasteiger partial charge in [0.25, 0.3) is 0 Å². The Bertz CT molecular complexity index is 566. The minimum Gasteiger partial charge on any atom is -0.493 e. The van der Waals surface area contributed by atoms with Crippen molar-refractivity contribution in [3.05, 3.63) is 41.7 Å². The van der Waals surface area contributed by atoms with E-state index in [1.165, 1.54) is 11.3 Å². The average molecular weight is 289 g/mol. The SMILES string of the molecule is CCn1nccc1CNCCc1ccc(OC)c(OC)c1. The van der Waals surface area contributed by atoms with E-state index in [0.29, 0.717) is 0 Å². The number of benzene rings is 1. The number of hydrogen-bond donors (Lipinski definition) is 1. The van der Waals surface area contributed by atoms with Gasteiger partial charge in [0, 0.05) is 19.3 Å². The predicted octanol–water partition coefficient (Wildman–Crippen LogP) is 2.25. The fourth-order valence-electron chi connectivity index (χ4n) is 2.28. The molecule has 0 spiro atoms. The first-order valence-corrected chi connectivity index (χ1v) is 7.20. The van der Waals surface area contributed by atoms with Crippen molar-refractivity contribution in [1.29, 1.82) is 0 Å². The van der Waals surface area contributed by atoms with Crippen LogP contribution in [-0.4, -0.2) is 30.5 Å². The molecular formula is C16H23N3O2. The van der Waals surface area contributed by atoms with Crippen LogP contribution in [0, 0.1) is 0 Å². The lowest BCUT2D eigenvalue weighted by atomic mass is 10.1. The molecule has 0 bridgehead atoms. The molecule has 21 heavy (non-hydrogen) atoms. The summed E-state index contributed by atoms with van der Waals surface area (Å²) in [6.07, 6.45) is 2.79. The Kier molecular flexibility index (Phi) is 5.63. The zero-order valence-corrected chi connectivity index (χ0v) is 12.9. The van der Waals surface area contributed by atoms with E-state index in [9.17, 15) is 0 Å². The van der Waals surface area contributed by atoms with Crippen LogP contribution in [-0.2, 0) is 19.5 Å². The summed E-state index contributed by atoms with van der Waals surface area (Å²) in [6.45, 7) is 4.74. The molecular weight excluding hydrogens is 266 g/mol. The van der Waals surface area contributed by atoms with Gasteiger partial charge in [0.15, 0.2) is 11.5 Å². The number of ether oxygens (including phenoxy) is 2. The third-order valence-electron chi connectivity index (χ3n) is 3.45. The molecule has 0 saturated heterocycles. The zero-order valence-electron chi connectivity index (χ0n) is 12.9. The summed E-state index contributed by atoms with van der Waals surface area (Å²) in [7, 11) is 3.31. The van der Waals surface area contributed by atoms with E-state index in [4.69, 9.17) is 9.47 Å². The highest BCUT2D eigenvalue weighted by Gasteiger charge is 2.04. The van der Waals surface area contributed by atoms with Crippen LogP contribution >= 0.6 is 0 Å². The molecule has 0 saturated carbocycles. The molecule has 0 radical (unpaired) electrons. The molecule has 0 aliphatic carbocycles. The first kappa shape index (κ1) is 15.4. The molecule has 1 N–H and O–H groups in total. The highest BCUT2D eigenvalue weighted by atomic mass is 16.5. The van der Waals surface area contributed by atoms with Crippen LogP contribution in [0.2, 0.25) is 0 Å². The zero-order chi connectivity index (χ0) is 15.1. The van der Waals surface area contributed by atoms with E-state index >= 15 is 0 Å². The summed E-state index contributed by atoms with van der Waals surface area (Å²) in [6, 6.07) is 8.09.